The van der Waals surface area contributed by atoms with E-state index in [0.29, 0.717) is 35.6 Å². The number of methoxy groups -OCH3 is 1. The Bertz CT molecular complexity index is 564. The lowest BCUT2D eigenvalue weighted by atomic mass is 9.91. The standard InChI is InChI=1S/C17H25NO4/c1-6-17(7-2)16(20)18(11(3)4)13-8-12(10-19)9-14(21-5)15(13)22-17/h8-9,11,19H,6-7,10H2,1-5H3. The van der Waals surface area contributed by atoms with Gasteiger partial charge in [0.05, 0.1) is 19.4 Å². The van der Waals surface area contributed by atoms with Crippen molar-refractivity contribution in [1.82, 2.24) is 0 Å². The lowest BCUT2D eigenvalue weighted by molar-refractivity contribution is -0.136. The average Bonchev–Trinajstić information content (AvgIpc) is 2.52. The summed E-state index contributed by atoms with van der Waals surface area (Å²) in [5, 5.41) is 9.45. The lowest BCUT2D eigenvalue weighted by Crippen LogP contribution is -2.57. The molecule has 0 bridgehead atoms. The Morgan fingerprint density at radius 1 is 1.32 bits per heavy atom. The minimum atomic E-state index is -0.856. The summed E-state index contributed by atoms with van der Waals surface area (Å²) in [5.41, 5.74) is 0.504. The molecule has 1 aliphatic heterocycles. The quantitative estimate of drug-likeness (QED) is 0.908. The summed E-state index contributed by atoms with van der Waals surface area (Å²) < 4.78 is 11.6. The number of rotatable bonds is 5. The van der Waals surface area contributed by atoms with Crippen LogP contribution in [0.1, 0.15) is 46.1 Å². The largest absolute Gasteiger partial charge is 0.493 e. The number of benzene rings is 1. The van der Waals surface area contributed by atoms with Crippen LogP contribution in [0.25, 0.3) is 0 Å². The molecule has 122 valence electrons. The van der Waals surface area contributed by atoms with E-state index in [1.165, 1.54) is 0 Å². The Balaban J connectivity index is 2.70. The molecule has 0 aliphatic carbocycles. The second-order valence-corrected chi connectivity index (χ2v) is 5.88. The van der Waals surface area contributed by atoms with Crippen LogP contribution in [0.3, 0.4) is 0 Å². The van der Waals surface area contributed by atoms with Crippen molar-refractivity contribution in [3.05, 3.63) is 17.7 Å². The Morgan fingerprint density at radius 3 is 2.41 bits per heavy atom. The van der Waals surface area contributed by atoms with Gasteiger partial charge in [-0.15, -0.1) is 0 Å². The van der Waals surface area contributed by atoms with Gasteiger partial charge in [-0.25, -0.2) is 0 Å². The molecule has 0 atom stereocenters. The van der Waals surface area contributed by atoms with Gasteiger partial charge >= 0.3 is 0 Å². The van der Waals surface area contributed by atoms with E-state index < -0.39 is 5.60 Å². The van der Waals surface area contributed by atoms with Gasteiger partial charge in [-0.2, -0.15) is 0 Å². The number of nitrogens with zero attached hydrogens (tertiary/aromatic N) is 1. The monoisotopic (exact) mass is 307 g/mol. The molecule has 0 radical (unpaired) electrons. The van der Waals surface area contributed by atoms with Gasteiger partial charge in [-0.1, -0.05) is 13.8 Å². The minimum Gasteiger partial charge on any atom is -0.493 e. The van der Waals surface area contributed by atoms with Crippen LogP contribution in [0.5, 0.6) is 11.5 Å². The third kappa shape index (κ3) is 2.43. The van der Waals surface area contributed by atoms with Crippen molar-refractivity contribution < 1.29 is 19.4 Å². The summed E-state index contributed by atoms with van der Waals surface area (Å²) in [5.74, 6) is 1.10. The SMILES string of the molecule is CCC1(CC)Oc2c(OC)cc(CO)cc2N(C(C)C)C1=O. The normalized spacial score (nSPS) is 16.5. The van der Waals surface area contributed by atoms with Crippen LogP contribution >= 0.6 is 0 Å². The van der Waals surface area contributed by atoms with Gasteiger partial charge < -0.3 is 19.5 Å². The molecule has 0 aromatic heterocycles. The zero-order valence-corrected chi connectivity index (χ0v) is 14.0. The fraction of sp³-hybridized carbons (Fsp3) is 0.588. The molecule has 1 amide bonds. The molecule has 1 heterocycles. The second kappa shape index (κ2) is 6.16. The van der Waals surface area contributed by atoms with Crippen molar-refractivity contribution in [3.63, 3.8) is 0 Å². The van der Waals surface area contributed by atoms with Crippen LogP contribution in [0, 0.1) is 0 Å². The Hall–Kier alpha value is -1.75. The molecular weight excluding hydrogens is 282 g/mol. The number of amides is 1. The predicted octanol–water partition coefficient (Wildman–Crippen LogP) is 2.88. The summed E-state index contributed by atoms with van der Waals surface area (Å²) in [6, 6.07) is 3.54. The summed E-state index contributed by atoms with van der Waals surface area (Å²) in [7, 11) is 1.57. The first-order valence-corrected chi connectivity index (χ1v) is 7.78. The molecule has 1 aromatic rings. The van der Waals surface area contributed by atoms with Gasteiger partial charge in [-0.3, -0.25) is 4.79 Å². The fourth-order valence-electron chi connectivity index (χ4n) is 2.94. The van der Waals surface area contributed by atoms with Gasteiger partial charge in [0.2, 0.25) is 0 Å². The van der Waals surface area contributed by atoms with Crippen LogP contribution in [0.2, 0.25) is 0 Å². The van der Waals surface area contributed by atoms with E-state index in [-0.39, 0.29) is 18.6 Å². The molecule has 0 unspecified atom stereocenters. The van der Waals surface area contributed by atoms with Gasteiger partial charge in [0.25, 0.3) is 5.91 Å². The van der Waals surface area contributed by atoms with E-state index in [0.717, 1.165) is 0 Å². The van der Waals surface area contributed by atoms with Crippen LogP contribution in [0.4, 0.5) is 5.69 Å². The third-order valence-electron chi connectivity index (χ3n) is 4.32. The van der Waals surface area contributed by atoms with Gasteiger partial charge in [0.15, 0.2) is 17.1 Å². The van der Waals surface area contributed by atoms with E-state index in [2.05, 4.69) is 0 Å². The van der Waals surface area contributed by atoms with Crippen LogP contribution in [0.15, 0.2) is 12.1 Å². The number of anilines is 1. The molecular formula is C17H25NO4. The molecule has 0 spiro atoms. The van der Waals surface area contributed by atoms with Gasteiger partial charge in [0, 0.05) is 6.04 Å². The summed E-state index contributed by atoms with van der Waals surface area (Å²) >= 11 is 0. The Morgan fingerprint density at radius 2 is 1.95 bits per heavy atom. The molecule has 0 fully saturated rings. The van der Waals surface area contributed by atoms with Crippen molar-refractivity contribution in [1.29, 1.82) is 0 Å². The molecule has 0 saturated carbocycles. The summed E-state index contributed by atoms with van der Waals surface area (Å²) in [6.07, 6.45) is 1.19. The number of fused-ring (bicyclic) bond motifs is 1. The minimum absolute atomic E-state index is 0.00808. The van der Waals surface area contributed by atoms with Crippen LogP contribution < -0.4 is 14.4 Å². The molecule has 22 heavy (non-hydrogen) atoms. The van der Waals surface area contributed by atoms with Crippen LogP contribution in [-0.2, 0) is 11.4 Å². The molecule has 5 heteroatoms. The Kier molecular flexibility index (Phi) is 4.66. The maximum Gasteiger partial charge on any atom is 0.271 e. The van der Waals surface area contributed by atoms with Gasteiger partial charge in [0.1, 0.15) is 0 Å². The zero-order valence-electron chi connectivity index (χ0n) is 14.0. The summed E-state index contributed by atoms with van der Waals surface area (Å²) in [4.78, 5) is 14.8. The number of aliphatic hydroxyl groups is 1. The highest BCUT2D eigenvalue weighted by Crippen LogP contribution is 2.47. The van der Waals surface area contributed by atoms with E-state index in [1.807, 2.05) is 27.7 Å². The molecule has 1 N–H and O–H groups in total. The molecule has 1 aromatic carbocycles. The third-order valence-corrected chi connectivity index (χ3v) is 4.32. The maximum atomic E-state index is 13.0. The van der Waals surface area contributed by atoms with E-state index in [9.17, 15) is 9.90 Å². The molecule has 0 saturated heterocycles. The van der Waals surface area contributed by atoms with Crippen molar-refractivity contribution in [2.24, 2.45) is 0 Å². The van der Waals surface area contributed by atoms with Crippen molar-refractivity contribution >= 4 is 11.6 Å². The highest BCUT2D eigenvalue weighted by Gasteiger charge is 2.47. The number of hydrogen-bond donors (Lipinski definition) is 1. The smallest absolute Gasteiger partial charge is 0.271 e. The summed E-state index contributed by atoms with van der Waals surface area (Å²) in [6.45, 7) is 7.75. The van der Waals surface area contributed by atoms with Crippen molar-refractivity contribution in [2.75, 3.05) is 12.0 Å². The number of ether oxygens (including phenoxy) is 2. The van der Waals surface area contributed by atoms with Gasteiger partial charge in [-0.05, 0) is 44.4 Å². The zero-order chi connectivity index (χ0) is 16.5. The second-order valence-electron chi connectivity index (χ2n) is 5.88. The van der Waals surface area contributed by atoms with Crippen LogP contribution in [-0.4, -0.2) is 29.8 Å². The van der Waals surface area contributed by atoms with E-state index in [1.54, 1.807) is 24.1 Å². The predicted molar refractivity (Wildman–Crippen MR) is 85.5 cm³/mol. The highest BCUT2D eigenvalue weighted by atomic mass is 16.5. The van der Waals surface area contributed by atoms with Crippen molar-refractivity contribution in [2.45, 2.75) is 58.8 Å². The first kappa shape index (κ1) is 16.6. The average molecular weight is 307 g/mol. The number of hydrogen-bond acceptors (Lipinski definition) is 4. The molecule has 2 rings (SSSR count). The number of carbonyl (C=O) groups is 1. The Labute approximate surface area is 131 Å². The maximum absolute atomic E-state index is 13.0. The van der Waals surface area contributed by atoms with E-state index >= 15 is 0 Å². The number of aliphatic hydroxyl groups excluding tert-OH is 1. The highest BCUT2D eigenvalue weighted by molar-refractivity contribution is 6.04. The fourth-order valence-corrected chi connectivity index (χ4v) is 2.94. The topological polar surface area (TPSA) is 59.0 Å². The lowest BCUT2D eigenvalue weighted by Gasteiger charge is -2.44. The molecule has 1 aliphatic rings. The first-order valence-electron chi connectivity index (χ1n) is 7.78. The van der Waals surface area contributed by atoms with Crippen molar-refractivity contribution in [3.8, 4) is 11.5 Å². The van der Waals surface area contributed by atoms with E-state index in [4.69, 9.17) is 9.47 Å². The first-order chi connectivity index (χ1) is 10.4. The molecule has 5 nitrogen and oxygen atoms in total. The number of carbonyl (C=O) groups excluding carboxylic acids is 1.